The second kappa shape index (κ2) is 6.66. The molecule has 0 saturated carbocycles. The molecule has 0 aliphatic rings. The van der Waals surface area contributed by atoms with Gasteiger partial charge in [0.25, 0.3) is 0 Å². The van der Waals surface area contributed by atoms with Gasteiger partial charge in [-0.15, -0.1) is 0 Å². The van der Waals surface area contributed by atoms with Crippen LogP contribution in [0.4, 0.5) is 0 Å². The van der Waals surface area contributed by atoms with Gasteiger partial charge in [-0.25, -0.2) is 9.59 Å². The summed E-state index contributed by atoms with van der Waals surface area (Å²) in [5.74, 6) is -4.01. The van der Waals surface area contributed by atoms with Gasteiger partial charge >= 0.3 is 11.9 Å². The largest absolute Gasteiger partial charge is 0.478 e. The molecule has 0 atom stereocenters. The highest BCUT2D eigenvalue weighted by atomic mass is 16.4. The number of benzene rings is 2. The molecule has 0 saturated heterocycles. The zero-order valence-electron chi connectivity index (χ0n) is 12.1. The Bertz CT molecular complexity index is 866. The molecule has 120 valence electrons. The van der Waals surface area contributed by atoms with Crippen molar-refractivity contribution in [1.29, 1.82) is 0 Å². The van der Waals surface area contributed by atoms with Crippen LogP contribution >= 0.6 is 0 Å². The van der Waals surface area contributed by atoms with Crippen LogP contribution in [0.2, 0.25) is 0 Å². The fourth-order valence-corrected chi connectivity index (χ4v) is 2.30. The van der Waals surface area contributed by atoms with E-state index in [-0.39, 0.29) is 23.7 Å². The van der Waals surface area contributed by atoms with E-state index in [1.54, 1.807) is 18.2 Å². The minimum absolute atomic E-state index is 0.0569. The minimum atomic E-state index is -1.68. The molecule has 0 radical (unpaired) electrons. The van der Waals surface area contributed by atoms with Crippen LogP contribution in [0, 0.1) is 0 Å². The Labute approximate surface area is 135 Å². The lowest BCUT2D eigenvalue weighted by molar-refractivity contribution is 0.0650. The number of carbonyl (C=O) groups is 5. The first kappa shape index (κ1) is 16.8. The standard InChI is InChI=1S/C17H10O7/c18-7-12-10(15(20)9-4-2-1-3-5-9)6-11(16(21)22)14(17(23)24)13(12)8-19/h1-8H,(H,21,22)(H,23,24). The summed E-state index contributed by atoms with van der Waals surface area (Å²) in [6.07, 6.45) is 0.222. The highest BCUT2D eigenvalue weighted by molar-refractivity contribution is 6.18. The maximum Gasteiger partial charge on any atom is 0.337 e. The van der Waals surface area contributed by atoms with Gasteiger partial charge in [0.1, 0.15) is 0 Å². The van der Waals surface area contributed by atoms with Crippen LogP contribution in [-0.2, 0) is 0 Å². The van der Waals surface area contributed by atoms with E-state index in [1.807, 2.05) is 0 Å². The molecule has 7 heteroatoms. The van der Waals surface area contributed by atoms with Crippen LogP contribution in [0.1, 0.15) is 57.4 Å². The van der Waals surface area contributed by atoms with Crippen molar-refractivity contribution in [3.8, 4) is 0 Å². The Morgan fingerprint density at radius 2 is 1.38 bits per heavy atom. The van der Waals surface area contributed by atoms with Gasteiger partial charge in [-0.1, -0.05) is 30.3 Å². The molecule has 0 aromatic heterocycles. The molecule has 2 aromatic rings. The average Bonchev–Trinajstić information content (AvgIpc) is 2.59. The van der Waals surface area contributed by atoms with Crippen molar-refractivity contribution in [1.82, 2.24) is 0 Å². The summed E-state index contributed by atoms with van der Waals surface area (Å²) >= 11 is 0. The van der Waals surface area contributed by atoms with Gasteiger partial charge in [-0.05, 0) is 6.07 Å². The number of aromatic carboxylic acids is 2. The third kappa shape index (κ3) is 2.82. The van der Waals surface area contributed by atoms with Gasteiger partial charge in [0, 0.05) is 22.3 Å². The topological polar surface area (TPSA) is 126 Å². The van der Waals surface area contributed by atoms with Gasteiger partial charge < -0.3 is 10.2 Å². The molecule has 7 nitrogen and oxygen atoms in total. The number of hydrogen-bond donors (Lipinski definition) is 2. The first-order chi connectivity index (χ1) is 11.4. The molecule has 2 rings (SSSR count). The summed E-state index contributed by atoms with van der Waals surface area (Å²) in [4.78, 5) is 57.8. The van der Waals surface area contributed by atoms with E-state index in [4.69, 9.17) is 5.11 Å². The highest BCUT2D eigenvalue weighted by Crippen LogP contribution is 2.24. The lowest BCUT2D eigenvalue weighted by Crippen LogP contribution is -2.18. The fraction of sp³-hybridized carbons (Fsp3) is 0. The average molecular weight is 326 g/mol. The molecule has 0 unspecified atom stereocenters. The van der Waals surface area contributed by atoms with Crippen molar-refractivity contribution < 1.29 is 34.2 Å². The summed E-state index contributed by atoms with van der Waals surface area (Å²) in [7, 11) is 0. The van der Waals surface area contributed by atoms with E-state index >= 15 is 0 Å². The summed E-state index contributed by atoms with van der Waals surface area (Å²) in [5, 5.41) is 18.4. The number of carbonyl (C=O) groups excluding carboxylic acids is 3. The first-order valence-corrected chi connectivity index (χ1v) is 6.60. The van der Waals surface area contributed by atoms with E-state index in [0.29, 0.717) is 0 Å². The quantitative estimate of drug-likeness (QED) is 0.613. The van der Waals surface area contributed by atoms with Crippen LogP contribution in [0.3, 0.4) is 0 Å². The number of ketones is 1. The first-order valence-electron chi connectivity index (χ1n) is 6.60. The zero-order valence-corrected chi connectivity index (χ0v) is 12.1. The summed E-state index contributed by atoms with van der Waals surface area (Å²) < 4.78 is 0. The van der Waals surface area contributed by atoms with Gasteiger partial charge in [0.15, 0.2) is 18.4 Å². The Morgan fingerprint density at radius 3 is 1.83 bits per heavy atom. The maximum absolute atomic E-state index is 12.5. The molecule has 24 heavy (non-hydrogen) atoms. The predicted octanol–water partition coefficient (Wildman–Crippen LogP) is 1.94. The summed E-state index contributed by atoms with van der Waals surface area (Å²) in [6.45, 7) is 0. The SMILES string of the molecule is O=Cc1c(C(=O)c2ccccc2)cc(C(=O)O)c(C(=O)O)c1C=O. The number of carboxylic acid groups (broad SMARTS) is 2. The minimum Gasteiger partial charge on any atom is -0.478 e. The second-order valence-electron chi connectivity index (χ2n) is 4.72. The molecule has 0 heterocycles. The Kier molecular flexibility index (Phi) is 4.65. The van der Waals surface area contributed by atoms with Crippen LogP contribution < -0.4 is 0 Å². The van der Waals surface area contributed by atoms with Crippen molar-refractivity contribution in [2.24, 2.45) is 0 Å². The number of rotatable bonds is 6. The van der Waals surface area contributed by atoms with Gasteiger partial charge in [0.05, 0.1) is 11.1 Å². The van der Waals surface area contributed by atoms with E-state index in [1.165, 1.54) is 12.1 Å². The Hall–Kier alpha value is -3.61. The summed E-state index contributed by atoms with van der Waals surface area (Å²) in [6, 6.07) is 8.49. The Balaban J connectivity index is 2.86. The molecule has 0 aliphatic carbocycles. The number of carboxylic acids is 2. The highest BCUT2D eigenvalue weighted by Gasteiger charge is 2.28. The molecule has 0 amide bonds. The molecular formula is C17H10O7. The molecule has 0 bridgehead atoms. The van der Waals surface area contributed by atoms with E-state index < -0.39 is 40.0 Å². The van der Waals surface area contributed by atoms with Crippen molar-refractivity contribution in [2.75, 3.05) is 0 Å². The van der Waals surface area contributed by atoms with Gasteiger partial charge in [-0.2, -0.15) is 0 Å². The third-order valence-electron chi connectivity index (χ3n) is 3.37. The van der Waals surface area contributed by atoms with Gasteiger partial charge in [-0.3, -0.25) is 14.4 Å². The molecule has 0 spiro atoms. The van der Waals surface area contributed by atoms with E-state index in [0.717, 1.165) is 6.07 Å². The van der Waals surface area contributed by atoms with Crippen LogP contribution in [0.5, 0.6) is 0 Å². The number of aldehydes is 2. The monoisotopic (exact) mass is 326 g/mol. The van der Waals surface area contributed by atoms with E-state index in [9.17, 15) is 29.1 Å². The van der Waals surface area contributed by atoms with Crippen LogP contribution in [0.15, 0.2) is 36.4 Å². The maximum atomic E-state index is 12.5. The Morgan fingerprint density at radius 1 is 0.792 bits per heavy atom. The smallest absolute Gasteiger partial charge is 0.337 e. The third-order valence-corrected chi connectivity index (χ3v) is 3.37. The van der Waals surface area contributed by atoms with Crippen LogP contribution in [-0.4, -0.2) is 40.5 Å². The van der Waals surface area contributed by atoms with Crippen molar-refractivity contribution in [3.05, 3.63) is 69.8 Å². The predicted molar refractivity (Wildman–Crippen MR) is 81.0 cm³/mol. The lowest BCUT2D eigenvalue weighted by atomic mass is 9.89. The number of hydrogen-bond acceptors (Lipinski definition) is 5. The molecule has 2 N–H and O–H groups in total. The van der Waals surface area contributed by atoms with E-state index in [2.05, 4.69) is 0 Å². The van der Waals surface area contributed by atoms with Gasteiger partial charge in [0.2, 0.25) is 0 Å². The lowest BCUT2D eigenvalue weighted by Gasteiger charge is -2.12. The molecule has 0 aliphatic heterocycles. The van der Waals surface area contributed by atoms with Crippen molar-refractivity contribution >= 4 is 30.3 Å². The van der Waals surface area contributed by atoms with Crippen LogP contribution in [0.25, 0.3) is 0 Å². The molecule has 0 fully saturated rings. The van der Waals surface area contributed by atoms with Crippen molar-refractivity contribution in [3.63, 3.8) is 0 Å². The molecule has 2 aromatic carbocycles. The van der Waals surface area contributed by atoms with Crippen molar-refractivity contribution in [2.45, 2.75) is 0 Å². The molecular weight excluding hydrogens is 316 g/mol. The zero-order chi connectivity index (χ0) is 17.9. The normalized spacial score (nSPS) is 10.0. The fourth-order valence-electron chi connectivity index (χ4n) is 2.30. The second-order valence-corrected chi connectivity index (χ2v) is 4.72. The summed E-state index contributed by atoms with van der Waals surface area (Å²) in [5.41, 5.74) is -2.85.